The lowest BCUT2D eigenvalue weighted by molar-refractivity contribution is -0.120. The number of amides is 3. The smallest absolute Gasteiger partial charge is 0.305 e. The fourth-order valence-electron chi connectivity index (χ4n) is 2.94. The van der Waals surface area contributed by atoms with Gasteiger partial charge in [-0.05, 0) is 56.3 Å². The number of benzene rings is 2. The molecule has 3 aromatic rings. The maximum Gasteiger partial charge on any atom is 0.305 e. The quantitative estimate of drug-likeness (QED) is 0.359. The van der Waals surface area contributed by atoms with Crippen LogP contribution in [0.2, 0.25) is 0 Å². The summed E-state index contributed by atoms with van der Waals surface area (Å²) in [5.41, 5.74) is 4.76. The standard InChI is InChI=1S/C25H27N3O7/c1-3-32-20-12-10-17(14-22(20)33-4-2)24(30)26-15-23(29)27-28-25(31)21-13-11-19(35-21)16-34-18-8-6-5-7-9-18/h5-14H,3-4,15-16H2,1-2H3,(H,26,30)(H,27,29)(H,28,31). The van der Waals surface area contributed by atoms with Crippen molar-refractivity contribution in [2.45, 2.75) is 20.5 Å². The Balaban J connectivity index is 1.44. The fraction of sp³-hybridized carbons (Fsp3) is 0.240. The van der Waals surface area contributed by atoms with Gasteiger partial charge in [-0.3, -0.25) is 25.2 Å². The molecule has 184 valence electrons. The number of para-hydroxylation sites is 1. The Hall–Kier alpha value is -4.47. The Morgan fingerprint density at radius 1 is 0.800 bits per heavy atom. The van der Waals surface area contributed by atoms with E-state index in [1.54, 1.807) is 36.4 Å². The number of carbonyl (C=O) groups excluding carboxylic acids is 3. The van der Waals surface area contributed by atoms with Crippen LogP contribution in [0.4, 0.5) is 0 Å². The summed E-state index contributed by atoms with van der Waals surface area (Å²) in [5.74, 6) is 0.321. The Bertz CT molecular complexity index is 1140. The van der Waals surface area contributed by atoms with E-state index >= 15 is 0 Å². The van der Waals surface area contributed by atoms with E-state index in [2.05, 4.69) is 16.2 Å². The highest BCUT2D eigenvalue weighted by Gasteiger charge is 2.15. The number of ether oxygens (including phenoxy) is 3. The summed E-state index contributed by atoms with van der Waals surface area (Å²) in [7, 11) is 0. The van der Waals surface area contributed by atoms with E-state index in [-0.39, 0.29) is 18.9 Å². The van der Waals surface area contributed by atoms with Gasteiger partial charge in [-0.1, -0.05) is 18.2 Å². The molecule has 10 heteroatoms. The first-order valence-electron chi connectivity index (χ1n) is 11.0. The summed E-state index contributed by atoms with van der Waals surface area (Å²) in [5, 5.41) is 2.48. The minimum atomic E-state index is -0.650. The number of hydrogen-bond acceptors (Lipinski definition) is 7. The van der Waals surface area contributed by atoms with Gasteiger partial charge < -0.3 is 23.9 Å². The highest BCUT2D eigenvalue weighted by molar-refractivity contribution is 5.97. The van der Waals surface area contributed by atoms with Crippen molar-refractivity contribution in [3.05, 3.63) is 77.7 Å². The van der Waals surface area contributed by atoms with Crippen LogP contribution >= 0.6 is 0 Å². The van der Waals surface area contributed by atoms with E-state index in [0.29, 0.717) is 41.8 Å². The number of hydrazine groups is 1. The van der Waals surface area contributed by atoms with Gasteiger partial charge >= 0.3 is 5.91 Å². The molecule has 0 aliphatic carbocycles. The van der Waals surface area contributed by atoms with Crippen molar-refractivity contribution in [1.82, 2.24) is 16.2 Å². The molecule has 0 spiro atoms. The summed E-state index contributed by atoms with van der Waals surface area (Å²) in [6.07, 6.45) is 0. The second kappa shape index (κ2) is 12.7. The third kappa shape index (κ3) is 7.53. The van der Waals surface area contributed by atoms with Crippen molar-refractivity contribution in [2.75, 3.05) is 19.8 Å². The second-order valence-corrected chi connectivity index (χ2v) is 7.08. The molecule has 3 amide bonds. The molecule has 0 aliphatic heterocycles. The Morgan fingerprint density at radius 2 is 1.54 bits per heavy atom. The summed E-state index contributed by atoms with van der Waals surface area (Å²) < 4.78 is 22.0. The number of hydrogen-bond donors (Lipinski definition) is 3. The van der Waals surface area contributed by atoms with Gasteiger partial charge in [0.05, 0.1) is 19.8 Å². The molecule has 10 nitrogen and oxygen atoms in total. The van der Waals surface area contributed by atoms with Crippen LogP contribution in [0.1, 0.15) is 40.5 Å². The molecule has 0 bridgehead atoms. The van der Waals surface area contributed by atoms with Crippen molar-refractivity contribution in [2.24, 2.45) is 0 Å². The first-order chi connectivity index (χ1) is 17.0. The first-order valence-corrected chi connectivity index (χ1v) is 11.0. The molecule has 0 saturated heterocycles. The molecule has 0 aliphatic rings. The van der Waals surface area contributed by atoms with Gasteiger partial charge in [0.2, 0.25) is 0 Å². The average molecular weight is 482 g/mol. The number of rotatable bonds is 11. The van der Waals surface area contributed by atoms with Crippen LogP contribution in [0.15, 0.2) is 65.1 Å². The minimum absolute atomic E-state index is 0.00108. The number of furan rings is 1. The van der Waals surface area contributed by atoms with Crippen LogP contribution in [-0.4, -0.2) is 37.5 Å². The topological polar surface area (TPSA) is 128 Å². The third-order valence-electron chi connectivity index (χ3n) is 4.54. The Morgan fingerprint density at radius 3 is 2.29 bits per heavy atom. The van der Waals surface area contributed by atoms with Gasteiger partial charge in [-0.2, -0.15) is 0 Å². The van der Waals surface area contributed by atoms with Crippen molar-refractivity contribution in [3.8, 4) is 17.2 Å². The molecule has 1 heterocycles. The van der Waals surface area contributed by atoms with Crippen LogP contribution in [0.3, 0.4) is 0 Å². The van der Waals surface area contributed by atoms with Crippen molar-refractivity contribution in [1.29, 1.82) is 0 Å². The van der Waals surface area contributed by atoms with Gasteiger partial charge in [-0.25, -0.2) is 0 Å². The van der Waals surface area contributed by atoms with Gasteiger partial charge in [0.25, 0.3) is 11.8 Å². The monoisotopic (exact) mass is 481 g/mol. The zero-order valence-electron chi connectivity index (χ0n) is 19.5. The molecule has 3 N–H and O–H groups in total. The largest absolute Gasteiger partial charge is 0.490 e. The van der Waals surface area contributed by atoms with E-state index in [4.69, 9.17) is 18.6 Å². The maximum atomic E-state index is 12.4. The minimum Gasteiger partial charge on any atom is -0.490 e. The summed E-state index contributed by atoms with van der Waals surface area (Å²) in [6, 6.07) is 17.0. The lowest BCUT2D eigenvalue weighted by atomic mass is 10.2. The first kappa shape index (κ1) is 25.2. The van der Waals surface area contributed by atoms with E-state index < -0.39 is 17.7 Å². The van der Waals surface area contributed by atoms with E-state index in [1.165, 1.54) is 6.07 Å². The predicted molar refractivity (Wildman–Crippen MR) is 126 cm³/mol. The van der Waals surface area contributed by atoms with Crippen LogP contribution in [0.5, 0.6) is 17.2 Å². The predicted octanol–water partition coefficient (Wildman–Crippen LogP) is 2.85. The number of nitrogens with one attached hydrogen (secondary N) is 3. The van der Waals surface area contributed by atoms with Crippen molar-refractivity contribution >= 4 is 17.7 Å². The van der Waals surface area contributed by atoms with Gasteiger partial charge in [0, 0.05) is 5.56 Å². The lowest BCUT2D eigenvalue weighted by Crippen LogP contribution is -2.46. The van der Waals surface area contributed by atoms with Crippen molar-refractivity contribution in [3.63, 3.8) is 0 Å². The molecule has 0 atom stereocenters. The van der Waals surface area contributed by atoms with Crippen LogP contribution in [0, 0.1) is 0 Å². The molecule has 0 radical (unpaired) electrons. The molecular weight excluding hydrogens is 454 g/mol. The molecule has 0 saturated carbocycles. The zero-order valence-corrected chi connectivity index (χ0v) is 19.5. The fourth-order valence-corrected chi connectivity index (χ4v) is 2.94. The number of carbonyl (C=O) groups is 3. The molecule has 0 unspecified atom stereocenters. The van der Waals surface area contributed by atoms with Gasteiger partial charge in [0.15, 0.2) is 17.3 Å². The van der Waals surface area contributed by atoms with E-state index in [1.807, 2.05) is 32.0 Å². The van der Waals surface area contributed by atoms with E-state index in [9.17, 15) is 14.4 Å². The van der Waals surface area contributed by atoms with Crippen LogP contribution in [-0.2, 0) is 11.4 Å². The second-order valence-electron chi connectivity index (χ2n) is 7.08. The Kier molecular flexibility index (Phi) is 9.12. The molecular formula is C25H27N3O7. The maximum absolute atomic E-state index is 12.4. The summed E-state index contributed by atoms with van der Waals surface area (Å²) in [6.45, 7) is 4.32. The molecule has 1 aromatic heterocycles. The highest BCUT2D eigenvalue weighted by atomic mass is 16.5. The lowest BCUT2D eigenvalue weighted by Gasteiger charge is -2.12. The van der Waals surface area contributed by atoms with Gasteiger partial charge in [-0.15, -0.1) is 0 Å². The summed E-state index contributed by atoms with van der Waals surface area (Å²) in [4.78, 5) is 36.7. The molecule has 0 fully saturated rings. The van der Waals surface area contributed by atoms with E-state index in [0.717, 1.165) is 0 Å². The molecule has 35 heavy (non-hydrogen) atoms. The molecule has 3 rings (SSSR count). The third-order valence-corrected chi connectivity index (χ3v) is 4.54. The van der Waals surface area contributed by atoms with Gasteiger partial charge in [0.1, 0.15) is 18.1 Å². The van der Waals surface area contributed by atoms with Crippen LogP contribution < -0.4 is 30.4 Å². The highest BCUT2D eigenvalue weighted by Crippen LogP contribution is 2.28. The Labute approximate surface area is 202 Å². The van der Waals surface area contributed by atoms with Crippen molar-refractivity contribution < 1.29 is 33.0 Å². The normalized spacial score (nSPS) is 10.2. The summed E-state index contributed by atoms with van der Waals surface area (Å²) >= 11 is 0. The van der Waals surface area contributed by atoms with Crippen LogP contribution in [0.25, 0.3) is 0 Å². The zero-order chi connectivity index (χ0) is 25.0. The average Bonchev–Trinajstić information content (AvgIpc) is 3.36. The SMILES string of the molecule is CCOc1ccc(C(=O)NCC(=O)NNC(=O)c2ccc(COc3ccccc3)o2)cc1OCC. The molecule has 2 aromatic carbocycles.